The summed E-state index contributed by atoms with van der Waals surface area (Å²) in [4.78, 5) is 7.11. The van der Waals surface area contributed by atoms with E-state index in [4.69, 9.17) is 4.74 Å². The molecule has 0 aromatic rings. The first-order valence-corrected chi connectivity index (χ1v) is 9.18. The molecule has 3 aliphatic rings. The van der Waals surface area contributed by atoms with Crippen LogP contribution in [-0.4, -0.2) is 61.8 Å². The maximum Gasteiger partial charge on any atom is 0.191 e. The monoisotopic (exact) mass is 450 g/mol. The van der Waals surface area contributed by atoms with E-state index in [1.54, 1.807) is 0 Å². The van der Waals surface area contributed by atoms with E-state index in [2.05, 4.69) is 41.3 Å². The quantitative estimate of drug-likeness (QED) is 0.393. The molecule has 0 aromatic heterocycles. The molecule has 2 atom stereocenters. The van der Waals surface area contributed by atoms with Gasteiger partial charge in [0.25, 0.3) is 0 Å². The van der Waals surface area contributed by atoms with Gasteiger partial charge >= 0.3 is 0 Å². The third-order valence-corrected chi connectivity index (χ3v) is 6.75. The predicted molar refractivity (Wildman–Crippen MR) is 110 cm³/mol. The minimum Gasteiger partial charge on any atom is -0.378 e. The van der Waals surface area contributed by atoms with Crippen molar-refractivity contribution in [3.05, 3.63) is 0 Å². The van der Waals surface area contributed by atoms with Crippen LogP contribution in [0.25, 0.3) is 0 Å². The maximum atomic E-state index is 5.72. The fourth-order valence-corrected chi connectivity index (χ4v) is 4.10. The number of ether oxygens (including phenoxy) is 1. The van der Waals surface area contributed by atoms with Crippen molar-refractivity contribution in [2.45, 2.75) is 76.6 Å². The fraction of sp³-hybridized carbons (Fsp3) is 0.944. The molecule has 1 heterocycles. The van der Waals surface area contributed by atoms with Crippen LogP contribution in [0.2, 0.25) is 0 Å². The molecule has 2 aliphatic carbocycles. The Labute approximate surface area is 164 Å². The summed E-state index contributed by atoms with van der Waals surface area (Å²) < 4.78 is 5.72. The van der Waals surface area contributed by atoms with Crippen LogP contribution in [0.3, 0.4) is 0 Å². The lowest BCUT2D eigenvalue weighted by Gasteiger charge is -2.59. The third kappa shape index (κ3) is 3.85. The Hall–Kier alpha value is -0.0800. The molecule has 3 rings (SSSR count). The number of likely N-dealkylation sites (tertiary alicyclic amines) is 1. The van der Waals surface area contributed by atoms with E-state index in [0.29, 0.717) is 12.1 Å². The molecule has 0 spiro atoms. The van der Waals surface area contributed by atoms with E-state index in [9.17, 15) is 0 Å². The number of guanidine groups is 1. The van der Waals surface area contributed by atoms with Gasteiger partial charge in [-0.3, -0.25) is 4.99 Å². The van der Waals surface area contributed by atoms with Crippen LogP contribution in [0.15, 0.2) is 4.99 Å². The van der Waals surface area contributed by atoms with Crippen molar-refractivity contribution in [2.24, 2.45) is 10.4 Å². The van der Waals surface area contributed by atoms with Crippen molar-refractivity contribution in [1.82, 2.24) is 15.5 Å². The molecule has 5 nitrogen and oxygen atoms in total. The summed E-state index contributed by atoms with van der Waals surface area (Å²) >= 11 is 0. The number of nitrogens with one attached hydrogen (secondary N) is 2. The zero-order valence-corrected chi connectivity index (χ0v) is 18.2. The second kappa shape index (κ2) is 7.66. The van der Waals surface area contributed by atoms with E-state index in [1.807, 2.05) is 14.2 Å². The summed E-state index contributed by atoms with van der Waals surface area (Å²) in [5.74, 6) is 0.950. The van der Waals surface area contributed by atoms with E-state index >= 15 is 0 Å². The molecular weight excluding hydrogens is 415 g/mol. The smallest absolute Gasteiger partial charge is 0.191 e. The number of rotatable bonds is 4. The van der Waals surface area contributed by atoms with Gasteiger partial charge < -0.3 is 20.3 Å². The summed E-state index contributed by atoms with van der Waals surface area (Å²) in [6.45, 7) is 9.22. The van der Waals surface area contributed by atoms with Crippen LogP contribution < -0.4 is 10.6 Å². The van der Waals surface area contributed by atoms with Crippen LogP contribution in [0.4, 0.5) is 0 Å². The van der Waals surface area contributed by atoms with Gasteiger partial charge in [0.05, 0.1) is 5.60 Å². The molecule has 0 radical (unpaired) electrons. The molecule has 3 fully saturated rings. The van der Waals surface area contributed by atoms with Crippen molar-refractivity contribution in [1.29, 1.82) is 0 Å². The molecule has 2 unspecified atom stereocenters. The van der Waals surface area contributed by atoms with Gasteiger partial charge in [-0.05, 0) is 39.0 Å². The van der Waals surface area contributed by atoms with Gasteiger partial charge in [-0.15, -0.1) is 24.0 Å². The van der Waals surface area contributed by atoms with Crippen molar-refractivity contribution >= 4 is 29.9 Å². The number of nitrogens with zero attached hydrogens (tertiary/aromatic N) is 2. The highest BCUT2D eigenvalue weighted by atomic mass is 127. The van der Waals surface area contributed by atoms with E-state index < -0.39 is 0 Å². The molecule has 2 saturated carbocycles. The predicted octanol–water partition coefficient (Wildman–Crippen LogP) is 2.60. The molecule has 140 valence electrons. The number of halogens is 1. The van der Waals surface area contributed by atoms with Crippen LogP contribution in [0.1, 0.15) is 52.9 Å². The molecule has 1 aliphatic heterocycles. The highest BCUT2D eigenvalue weighted by Gasteiger charge is 2.58. The standard InChI is InChI=1S/C18H34N4O.HI/c1-17(2)15(12-18(17,3)23-5)21-16(19-4)20-13-8-10-22(11-9-13)14-6-7-14;/h13-15H,6-12H2,1-5H3,(H2,19,20,21);1H. The SMILES string of the molecule is CN=C(NC1CCN(C2CC2)CC1)NC1CC(C)(OC)C1(C)C.I. The Kier molecular flexibility index (Phi) is 6.46. The lowest BCUT2D eigenvalue weighted by atomic mass is 9.56. The molecule has 1 saturated heterocycles. The first kappa shape index (κ1) is 20.2. The summed E-state index contributed by atoms with van der Waals surface area (Å²) in [5, 5.41) is 7.26. The summed E-state index contributed by atoms with van der Waals surface area (Å²) in [6.07, 6.45) is 6.30. The van der Waals surface area contributed by atoms with Crippen LogP contribution in [-0.2, 0) is 4.74 Å². The highest BCUT2D eigenvalue weighted by Crippen LogP contribution is 2.51. The van der Waals surface area contributed by atoms with Gasteiger partial charge in [-0.2, -0.15) is 0 Å². The van der Waals surface area contributed by atoms with Gasteiger partial charge in [0.1, 0.15) is 0 Å². The average Bonchev–Trinajstić information content (AvgIpc) is 3.38. The van der Waals surface area contributed by atoms with Gasteiger partial charge in [-0.1, -0.05) is 13.8 Å². The molecule has 24 heavy (non-hydrogen) atoms. The van der Waals surface area contributed by atoms with E-state index in [0.717, 1.165) is 18.4 Å². The molecule has 6 heteroatoms. The number of hydrogen-bond donors (Lipinski definition) is 2. The fourth-order valence-electron chi connectivity index (χ4n) is 4.10. The summed E-state index contributed by atoms with van der Waals surface area (Å²) in [7, 11) is 3.69. The Bertz CT molecular complexity index is 458. The normalized spacial score (nSPS) is 34.2. The molecular formula is C18H35IN4O. The summed E-state index contributed by atoms with van der Waals surface area (Å²) in [6, 6.07) is 1.86. The summed E-state index contributed by atoms with van der Waals surface area (Å²) in [5.41, 5.74) is 0.0633. The van der Waals surface area contributed by atoms with E-state index in [1.165, 1.54) is 38.8 Å². The number of methoxy groups -OCH3 is 1. The number of aliphatic imine (C=N–C) groups is 1. The highest BCUT2D eigenvalue weighted by molar-refractivity contribution is 14.0. The van der Waals surface area contributed by atoms with Gasteiger partial charge in [0.15, 0.2) is 5.96 Å². The Morgan fingerprint density at radius 2 is 1.71 bits per heavy atom. The molecule has 0 aromatic carbocycles. The topological polar surface area (TPSA) is 48.9 Å². The Morgan fingerprint density at radius 3 is 2.17 bits per heavy atom. The number of hydrogen-bond acceptors (Lipinski definition) is 3. The second-order valence-electron chi connectivity index (χ2n) is 8.32. The first-order valence-electron chi connectivity index (χ1n) is 9.18. The Morgan fingerprint density at radius 1 is 1.08 bits per heavy atom. The van der Waals surface area contributed by atoms with Crippen molar-refractivity contribution in [2.75, 3.05) is 27.2 Å². The maximum absolute atomic E-state index is 5.72. The molecule has 0 bridgehead atoms. The largest absolute Gasteiger partial charge is 0.378 e. The van der Waals surface area contributed by atoms with Crippen molar-refractivity contribution < 1.29 is 4.74 Å². The molecule has 0 amide bonds. The zero-order valence-electron chi connectivity index (χ0n) is 15.9. The van der Waals surface area contributed by atoms with Crippen LogP contribution in [0.5, 0.6) is 0 Å². The zero-order chi connectivity index (χ0) is 16.7. The number of piperidine rings is 1. The van der Waals surface area contributed by atoms with Crippen molar-refractivity contribution in [3.8, 4) is 0 Å². The second-order valence-corrected chi connectivity index (χ2v) is 8.32. The lowest BCUT2D eigenvalue weighted by molar-refractivity contribution is -0.176. The van der Waals surface area contributed by atoms with Gasteiger partial charge in [0.2, 0.25) is 0 Å². The van der Waals surface area contributed by atoms with E-state index in [-0.39, 0.29) is 35.0 Å². The minimum atomic E-state index is -0.0425. The minimum absolute atomic E-state index is 0. The third-order valence-electron chi connectivity index (χ3n) is 6.75. The average molecular weight is 450 g/mol. The lowest BCUT2D eigenvalue weighted by Crippen LogP contribution is -2.69. The van der Waals surface area contributed by atoms with Crippen LogP contribution >= 0.6 is 24.0 Å². The van der Waals surface area contributed by atoms with Crippen molar-refractivity contribution in [3.63, 3.8) is 0 Å². The Balaban J connectivity index is 0.00000208. The first-order chi connectivity index (χ1) is 10.9. The van der Waals surface area contributed by atoms with Gasteiger partial charge in [0, 0.05) is 50.8 Å². The van der Waals surface area contributed by atoms with Gasteiger partial charge in [-0.25, -0.2) is 0 Å². The molecule has 2 N–H and O–H groups in total. The van der Waals surface area contributed by atoms with Crippen LogP contribution in [0, 0.1) is 5.41 Å².